The Morgan fingerprint density at radius 1 is 1.57 bits per heavy atom. The van der Waals surface area contributed by atoms with Gasteiger partial charge in [0.05, 0.1) is 0 Å². The predicted molar refractivity (Wildman–Crippen MR) is 62.8 cm³/mol. The van der Waals surface area contributed by atoms with Gasteiger partial charge in [0.2, 0.25) is 0 Å². The van der Waals surface area contributed by atoms with Gasteiger partial charge < -0.3 is 4.90 Å². The fourth-order valence-electron chi connectivity index (χ4n) is 1.73. The van der Waals surface area contributed by atoms with Crippen molar-refractivity contribution in [1.82, 2.24) is 4.90 Å². The lowest BCUT2D eigenvalue weighted by Gasteiger charge is -2.31. The number of ketones is 1. The number of nitrogens with zero attached hydrogens (tertiary/aromatic N) is 1. The zero-order valence-electron chi connectivity index (χ0n) is 9.67. The Morgan fingerprint density at radius 3 is 2.64 bits per heavy atom. The molecule has 0 spiro atoms. The number of carbonyl (C=O) groups excluding carboxylic acids is 1. The van der Waals surface area contributed by atoms with Crippen molar-refractivity contribution in [2.24, 2.45) is 5.41 Å². The van der Waals surface area contributed by atoms with Crippen molar-refractivity contribution in [1.29, 1.82) is 0 Å². The van der Waals surface area contributed by atoms with E-state index >= 15 is 0 Å². The van der Waals surface area contributed by atoms with Crippen LogP contribution in [0.5, 0.6) is 0 Å². The van der Waals surface area contributed by atoms with E-state index in [1.165, 1.54) is 17.9 Å². The maximum atomic E-state index is 11.4. The van der Waals surface area contributed by atoms with E-state index < -0.39 is 0 Å². The minimum absolute atomic E-state index is 0.192. The van der Waals surface area contributed by atoms with Crippen molar-refractivity contribution in [2.45, 2.75) is 33.2 Å². The van der Waals surface area contributed by atoms with E-state index in [1.807, 2.05) is 25.6 Å². The highest BCUT2D eigenvalue weighted by atomic mass is 32.2. The number of hydrogen-bond donors (Lipinski definition) is 0. The van der Waals surface area contributed by atoms with Crippen molar-refractivity contribution < 1.29 is 4.79 Å². The van der Waals surface area contributed by atoms with E-state index in [-0.39, 0.29) is 11.2 Å². The van der Waals surface area contributed by atoms with Crippen LogP contribution in [0.4, 0.5) is 0 Å². The third kappa shape index (κ3) is 2.99. The second-order valence-electron chi connectivity index (χ2n) is 4.87. The predicted octanol–water partition coefficient (Wildman–Crippen LogP) is 2.04. The largest absolute Gasteiger partial charge is 0.302 e. The van der Waals surface area contributed by atoms with Crippen LogP contribution in [0, 0.1) is 5.41 Å². The van der Waals surface area contributed by atoms with Gasteiger partial charge in [-0.1, -0.05) is 13.8 Å². The molecule has 0 N–H and O–H groups in total. The molecule has 1 atom stereocenters. The number of Topliss-reactive ketones (excluding diaryl/α,β-unsaturated/α-hetero) is 1. The zero-order valence-corrected chi connectivity index (χ0v) is 10.5. The van der Waals surface area contributed by atoms with E-state index in [0.717, 1.165) is 6.54 Å². The standard InChI is InChI=1S/C11H21NOS/c1-9(13)11(2,3)8-12(4)10-5-6-14-7-10/h10H,5-8H2,1-4H3. The molecule has 1 fully saturated rings. The summed E-state index contributed by atoms with van der Waals surface area (Å²) in [5.74, 6) is 2.79. The maximum Gasteiger partial charge on any atom is 0.136 e. The third-order valence-corrected chi connectivity index (χ3v) is 4.27. The van der Waals surface area contributed by atoms with Gasteiger partial charge in [0.1, 0.15) is 5.78 Å². The fourth-order valence-corrected chi connectivity index (χ4v) is 3.03. The Balaban J connectivity index is 2.46. The highest BCUT2D eigenvalue weighted by molar-refractivity contribution is 7.99. The third-order valence-electron chi connectivity index (χ3n) is 3.13. The van der Waals surface area contributed by atoms with Gasteiger partial charge in [-0.15, -0.1) is 0 Å². The number of thioether (sulfide) groups is 1. The number of rotatable bonds is 4. The van der Waals surface area contributed by atoms with Gasteiger partial charge in [-0.2, -0.15) is 11.8 Å². The van der Waals surface area contributed by atoms with Crippen LogP contribution in [0.15, 0.2) is 0 Å². The van der Waals surface area contributed by atoms with E-state index in [9.17, 15) is 4.79 Å². The molecule has 1 aliphatic heterocycles. The summed E-state index contributed by atoms with van der Waals surface area (Å²) >= 11 is 2.02. The highest BCUT2D eigenvalue weighted by Gasteiger charge is 2.29. The summed E-state index contributed by atoms with van der Waals surface area (Å²) in [6, 6.07) is 0.679. The molecule has 82 valence electrons. The molecule has 0 aromatic carbocycles. The minimum Gasteiger partial charge on any atom is -0.302 e. The lowest BCUT2D eigenvalue weighted by atomic mass is 9.88. The molecular weight excluding hydrogens is 194 g/mol. The van der Waals surface area contributed by atoms with Crippen LogP contribution in [0.25, 0.3) is 0 Å². The van der Waals surface area contributed by atoms with Crippen LogP contribution in [-0.2, 0) is 4.79 Å². The molecule has 1 saturated heterocycles. The van der Waals surface area contributed by atoms with E-state index in [4.69, 9.17) is 0 Å². The molecule has 1 heterocycles. The van der Waals surface area contributed by atoms with Crippen LogP contribution in [0.3, 0.4) is 0 Å². The minimum atomic E-state index is -0.192. The number of hydrogen-bond acceptors (Lipinski definition) is 3. The summed E-state index contributed by atoms with van der Waals surface area (Å²) in [6.07, 6.45) is 1.27. The first-order valence-corrected chi connectivity index (χ1v) is 6.38. The molecular formula is C11H21NOS. The molecule has 1 rings (SSSR count). The molecule has 0 radical (unpaired) electrons. The second-order valence-corrected chi connectivity index (χ2v) is 6.02. The molecule has 0 amide bonds. The van der Waals surface area contributed by atoms with Gasteiger partial charge in [-0.3, -0.25) is 4.79 Å². The summed E-state index contributed by atoms with van der Waals surface area (Å²) in [7, 11) is 2.14. The van der Waals surface area contributed by atoms with Crippen LogP contribution in [-0.4, -0.2) is 41.8 Å². The van der Waals surface area contributed by atoms with Gasteiger partial charge in [0.25, 0.3) is 0 Å². The highest BCUT2D eigenvalue weighted by Crippen LogP contribution is 2.25. The summed E-state index contributed by atoms with van der Waals surface area (Å²) < 4.78 is 0. The Morgan fingerprint density at radius 2 is 2.21 bits per heavy atom. The molecule has 0 saturated carbocycles. The maximum absolute atomic E-state index is 11.4. The van der Waals surface area contributed by atoms with Gasteiger partial charge >= 0.3 is 0 Å². The van der Waals surface area contributed by atoms with Gasteiger partial charge in [-0.25, -0.2) is 0 Å². The molecule has 0 aromatic rings. The van der Waals surface area contributed by atoms with Crippen LogP contribution in [0.1, 0.15) is 27.2 Å². The van der Waals surface area contributed by atoms with Crippen molar-refractivity contribution in [2.75, 3.05) is 25.1 Å². The quantitative estimate of drug-likeness (QED) is 0.716. The average Bonchev–Trinajstić information content (AvgIpc) is 2.54. The van der Waals surface area contributed by atoms with Crippen LogP contribution in [0.2, 0.25) is 0 Å². The molecule has 0 aromatic heterocycles. The van der Waals surface area contributed by atoms with E-state index in [0.29, 0.717) is 6.04 Å². The van der Waals surface area contributed by atoms with E-state index in [1.54, 1.807) is 6.92 Å². The normalized spacial score (nSPS) is 23.1. The van der Waals surface area contributed by atoms with Crippen molar-refractivity contribution >= 4 is 17.5 Å². The molecule has 2 nitrogen and oxygen atoms in total. The topological polar surface area (TPSA) is 20.3 Å². The Kier molecular flexibility index (Phi) is 4.02. The summed E-state index contributed by atoms with van der Waals surface area (Å²) in [5.41, 5.74) is -0.192. The smallest absolute Gasteiger partial charge is 0.136 e. The lowest BCUT2D eigenvalue weighted by molar-refractivity contribution is -0.125. The number of carbonyl (C=O) groups is 1. The molecule has 1 aliphatic rings. The summed E-state index contributed by atoms with van der Waals surface area (Å²) in [5, 5.41) is 0. The molecule has 0 aliphatic carbocycles. The molecule has 1 unspecified atom stereocenters. The molecule has 14 heavy (non-hydrogen) atoms. The summed E-state index contributed by atoms with van der Waals surface area (Å²) in [4.78, 5) is 13.7. The summed E-state index contributed by atoms with van der Waals surface area (Å²) in [6.45, 7) is 6.65. The van der Waals surface area contributed by atoms with Gasteiger partial charge in [-0.05, 0) is 26.1 Å². The van der Waals surface area contributed by atoms with Crippen LogP contribution < -0.4 is 0 Å². The fraction of sp³-hybridized carbons (Fsp3) is 0.909. The Hall–Kier alpha value is -0.0200. The molecule has 0 bridgehead atoms. The van der Waals surface area contributed by atoms with Crippen molar-refractivity contribution in [3.05, 3.63) is 0 Å². The monoisotopic (exact) mass is 215 g/mol. The van der Waals surface area contributed by atoms with Crippen molar-refractivity contribution in [3.8, 4) is 0 Å². The Bertz CT molecular complexity index is 209. The average molecular weight is 215 g/mol. The lowest BCUT2D eigenvalue weighted by Crippen LogP contribution is -2.41. The van der Waals surface area contributed by atoms with Gasteiger partial charge in [0.15, 0.2) is 0 Å². The second kappa shape index (κ2) is 4.67. The SMILES string of the molecule is CC(=O)C(C)(C)CN(C)C1CCSC1. The first-order valence-electron chi connectivity index (χ1n) is 5.22. The van der Waals surface area contributed by atoms with Gasteiger partial charge in [0, 0.05) is 23.8 Å². The van der Waals surface area contributed by atoms with Crippen molar-refractivity contribution in [3.63, 3.8) is 0 Å². The van der Waals surface area contributed by atoms with E-state index in [2.05, 4.69) is 11.9 Å². The first-order chi connectivity index (χ1) is 6.43. The van der Waals surface area contributed by atoms with Crippen LogP contribution >= 0.6 is 11.8 Å². The molecule has 3 heteroatoms. The zero-order chi connectivity index (χ0) is 10.8. The first kappa shape index (κ1) is 12.1. The Labute approximate surface area is 91.4 Å².